The summed E-state index contributed by atoms with van der Waals surface area (Å²) in [4.78, 5) is 0. The van der Waals surface area contributed by atoms with Crippen LogP contribution in [-0.2, 0) is 0 Å². The van der Waals surface area contributed by atoms with E-state index < -0.39 is 17.5 Å². The summed E-state index contributed by atoms with van der Waals surface area (Å²) in [7, 11) is -0.389. The zero-order valence-electron chi connectivity index (χ0n) is 18.0. The van der Waals surface area contributed by atoms with E-state index in [0.29, 0.717) is 11.5 Å². The molecule has 4 rings (SSSR count). The van der Waals surface area contributed by atoms with Crippen molar-refractivity contribution in [3.63, 3.8) is 0 Å². The quantitative estimate of drug-likeness (QED) is 0.332. The SMILES string of the molecule is CCC[Si@H]1CC[C@H](C2CCC(c3ccc(-c4cc(F)c(F)c(F)c4)cc3)CC2)CC1. The Morgan fingerprint density at radius 1 is 0.767 bits per heavy atom. The van der Waals surface area contributed by atoms with E-state index in [4.69, 9.17) is 0 Å². The van der Waals surface area contributed by atoms with Crippen molar-refractivity contribution in [2.45, 2.75) is 75.9 Å². The number of halogens is 3. The first-order valence-corrected chi connectivity index (χ1v) is 14.2. The third kappa shape index (κ3) is 4.85. The van der Waals surface area contributed by atoms with E-state index in [0.717, 1.165) is 29.5 Å². The van der Waals surface area contributed by atoms with E-state index in [1.165, 1.54) is 50.5 Å². The predicted octanol–water partition coefficient (Wildman–Crippen LogP) is 8.09. The van der Waals surface area contributed by atoms with Gasteiger partial charge in [-0.1, -0.05) is 68.6 Å². The zero-order chi connectivity index (χ0) is 21.1. The third-order valence-electron chi connectivity index (χ3n) is 7.73. The molecule has 1 heterocycles. The van der Waals surface area contributed by atoms with Crippen LogP contribution in [0, 0.1) is 29.3 Å². The van der Waals surface area contributed by atoms with Gasteiger partial charge in [0.15, 0.2) is 17.5 Å². The average Bonchev–Trinajstić information content (AvgIpc) is 2.78. The average molecular weight is 431 g/mol. The van der Waals surface area contributed by atoms with Crippen LogP contribution in [0.15, 0.2) is 36.4 Å². The third-order valence-corrected chi connectivity index (χ3v) is 11.4. The lowest BCUT2D eigenvalue weighted by molar-refractivity contribution is 0.216. The van der Waals surface area contributed by atoms with Crippen molar-refractivity contribution in [2.75, 3.05) is 0 Å². The fourth-order valence-corrected chi connectivity index (χ4v) is 9.43. The molecule has 30 heavy (non-hydrogen) atoms. The molecule has 0 radical (unpaired) electrons. The predicted molar refractivity (Wildman–Crippen MR) is 121 cm³/mol. The second kappa shape index (κ2) is 9.72. The molecule has 4 heteroatoms. The van der Waals surface area contributed by atoms with Gasteiger partial charge in [0, 0.05) is 8.80 Å². The second-order valence-electron chi connectivity index (χ2n) is 9.56. The molecule has 1 aliphatic heterocycles. The minimum absolute atomic E-state index is 0.379. The Morgan fingerprint density at radius 3 is 1.90 bits per heavy atom. The molecular weight excluding hydrogens is 397 g/mol. The molecule has 0 amide bonds. The Morgan fingerprint density at radius 2 is 1.33 bits per heavy atom. The standard InChI is InChI=1S/C26H33F3Si/c1-2-13-30-14-11-22(12-15-30)20-5-3-18(4-6-20)19-7-9-21(10-8-19)23-16-24(27)26(29)25(28)17-23/h7-10,16-18,20,22,30H,2-6,11-15H2,1H3/t18?,20?,22-,30-. The number of benzene rings is 2. The number of hydrogen-bond acceptors (Lipinski definition) is 0. The summed E-state index contributed by atoms with van der Waals surface area (Å²) in [6.07, 6.45) is 9.54. The first-order chi connectivity index (χ1) is 14.5. The minimum Gasteiger partial charge on any atom is -0.204 e. The van der Waals surface area contributed by atoms with Crippen LogP contribution in [0.25, 0.3) is 11.1 Å². The van der Waals surface area contributed by atoms with Crippen LogP contribution in [0.3, 0.4) is 0 Å². The molecule has 0 unspecified atom stereocenters. The highest BCUT2D eigenvalue weighted by Crippen LogP contribution is 2.43. The van der Waals surface area contributed by atoms with Crippen molar-refractivity contribution in [3.8, 4) is 11.1 Å². The molecule has 2 aromatic rings. The molecule has 0 spiro atoms. The lowest BCUT2D eigenvalue weighted by Crippen LogP contribution is -2.28. The molecular formula is C26H33F3Si. The topological polar surface area (TPSA) is 0 Å². The van der Waals surface area contributed by atoms with Crippen molar-refractivity contribution in [1.29, 1.82) is 0 Å². The van der Waals surface area contributed by atoms with Crippen molar-refractivity contribution in [2.24, 2.45) is 11.8 Å². The molecule has 0 atom stereocenters. The Bertz CT molecular complexity index is 809. The van der Waals surface area contributed by atoms with Crippen LogP contribution in [-0.4, -0.2) is 8.80 Å². The molecule has 1 saturated carbocycles. The van der Waals surface area contributed by atoms with Crippen LogP contribution in [0.2, 0.25) is 18.1 Å². The fraction of sp³-hybridized carbons (Fsp3) is 0.538. The number of hydrogen-bond donors (Lipinski definition) is 0. The Balaban J connectivity index is 1.33. The van der Waals surface area contributed by atoms with Crippen LogP contribution < -0.4 is 0 Å². The summed E-state index contributed by atoms with van der Waals surface area (Å²) in [5, 5.41) is 0. The van der Waals surface area contributed by atoms with E-state index in [1.807, 2.05) is 12.1 Å². The summed E-state index contributed by atoms with van der Waals surface area (Å²) in [5.41, 5.74) is 2.42. The Hall–Kier alpha value is -1.55. The first kappa shape index (κ1) is 21.7. The van der Waals surface area contributed by atoms with Gasteiger partial charge >= 0.3 is 0 Å². The van der Waals surface area contributed by atoms with Crippen molar-refractivity contribution in [1.82, 2.24) is 0 Å². The van der Waals surface area contributed by atoms with Gasteiger partial charge in [0.25, 0.3) is 0 Å². The maximum absolute atomic E-state index is 13.5. The molecule has 0 N–H and O–H groups in total. The molecule has 2 fully saturated rings. The van der Waals surface area contributed by atoms with Gasteiger partial charge in [-0.15, -0.1) is 0 Å². The molecule has 0 aromatic heterocycles. The summed E-state index contributed by atoms with van der Waals surface area (Å²) in [5.74, 6) is -1.21. The molecule has 1 saturated heterocycles. The summed E-state index contributed by atoms with van der Waals surface area (Å²) < 4.78 is 40.3. The van der Waals surface area contributed by atoms with Gasteiger partial charge in [-0.3, -0.25) is 0 Å². The Kier molecular flexibility index (Phi) is 7.02. The van der Waals surface area contributed by atoms with Gasteiger partial charge < -0.3 is 0 Å². The van der Waals surface area contributed by atoms with Crippen LogP contribution in [0.5, 0.6) is 0 Å². The van der Waals surface area contributed by atoms with E-state index in [-0.39, 0.29) is 8.80 Å². The van der Waals surface area contributed by atoms with E-state index in [9.17, 15) is 13.2 Å². The first-order valence-electron chi connectivity index (χ1n) is 11.8. The largest absolute Gasteiger partial charge is 0.204 e. The highest BCUT2D eigenvalue weighted by atomic mass is 28.3. The molecule has 0 bridgehead atoms. The van der Waals surface area contributed by atoms with Gasteiger partial charge in [0.05, 0.1) is 0 Å². The van der Waals surface area contributed by atoms with Gasteiger partial charge in [-0.25, -0.2) is 13.2 Å². The van der Waals surface area contributed by atoms with Gasteiger partial charge in [-0.2, -0.15) is 0 Å². The molecule has 2 aromatic carbocycles. The molecule has 0 nitrogen and oxygen atoms in total. The zero-order valence-corrected chi connectivity index (χ0v) is 19.1. The second-order valence-corrected chi connectivity index (χ2v) is 13.0. The lowest BCUT2D eigenvalue weighted by Gasteiger charge is -2.37. The summed E-state index contributed by atoms with van der Waals surface area (Å²) in [6, 6.07) is 14.8. The van der Waals surface area contributed by atoms with Crippen LogP contribution in [0.1, 0.15) is 63.4 Å². The highest BCUT2D eigenvalue weighted by Gasteiger charge is 2.31. The monoisotopic (exact) mass is 430 g/mol. The molecule has 1 aliphatic carbocycles. The maximum atomic E-state index is 13.5. The summed E-state index contributed by atoms with van der Waals surface area (Å²) in [6.45, 7) is 2.34. The van der Waals surface area contributed by atoms with Gasteiger partial charge in [0.2, 0.25) is 0 Å². The molecule has 162 valence electrons. The molecule has 2 aliphatic rings. The van der Waals surface area contributed by atoms with Crippen LogP contribution in [0.4, 0.5) is 13.2 Å². The highest BCUT2D eigenvalue weighted by molar-refractivity contribution is 6.58. The summed E-state index contributed by atoms with van der Waals surface area (Å²) >= 11 is 0. The van der Waals surface area contributed by atoms with Crippen LogP contribution >= 0.6 is 0 Å². The van der Waals surface area contributed by atoms with E-state index in [2.05, 4.69) is 19.1 Å². The number of rotatable bonds is 5. The van der Waals surface area contributed by atoms with E-state index in [1.54, 1.807) is 18.1 Å². The van der Waals surface area contributed by atoms with Crippen molar-refractivity contribution in [3.05, 3.63) is 59.4 Å². The Labute approximate surface area is 180 Å². The van der Waals surface area contributed by atoms with Gasteiger partial charge in [0.1, 0.15) is 0 Å². The smallest absolute Gasteiger partial charge is 0.194 e. The fourth-order valence-electron chi connectivity index (χ4n) is 5.95. The minimum atomic E-state index is -1.41. The maximum Gasteiger partial charge on any atom is 0.194 e. The van der Waals surface area contributed by atoms with Gasteiger partial charge in [-0.05, 0) is 72.3 Å². The van der Waals surface area contributed by atoms with Crippen molar-refractivity contribution >= 4 is 8.80 Å². The van der Waals surface area contributed by atoms with Crippen molar-refractivity contribution < 1.29 is 13.2 Å². The normalized spacial score (nSPS) is 27.2. The lowest BCUT2D eigenvalue weighted by atomic mass is 9.72. The van der Waals surface area contributed by atoms with E-state index >= 15 is 0 Å².